The van der Waals surface area contributed by atoms with Gasteiger partial charge in [-0.05, 0) is 19.1 Å². The number of hydrogen-bond acceptors (Lipinski definition) is 6. The summed E-state index contributed by atoms with van der Waals surface area (Å²) in [6.45, 7) is 1.91. The monoisotopic (exact) mass is 268 g/mol. The summed E-state index contributed by atoms with van der Waals surface area (Å²) in [5.41, 5.74) is 5.97. The number of hydrogen-bond donors (Lipinski definition) is 2. The van der Waals surface area contributed by atoms with Crippen molar-refractivity contribution in [2.45, 2.75) is 6.92 Å². The summed E-state index contributed by atoms with van der Waals surface area (Å²) in [5.74, 6) is -0.207. The summed E-state index contributed by atoms with van der Waals surface area (Å²) < 4.78 is 15.2. The van der Waals surface area contributed by atoms with Gasteiger partial charge in [0.2, 0.25) is 0 Å². The van der Waals surface area contributed by atoms with Gasteiger partial charge in [0.25, 0.3) is 0 Å². The van der Waals surface area contributed by atoms with Crippen molar-refractivity contribution in [3.8, 4) is 11.5 Å². The van der Waals surface area contributed by atoms with E-state index in [0.29, 0.717) is 5.56 Å². The number of oxime groups is 1. The number of rotatable bonds is 5. The molecule has 104 valence electrons. The maximum absolute atomic E-state index is 11.9. The fraction of sp³-hybridized carbons (Fsp3) is 0.333. The van der Waals surface area contributed by atoms with Crippen LogP contribution in [0.15, 0.2) is 17.3 Å². The van der Waals surface area contributed by atoms with Crippen LogP contribution in [0, 0.1) is 0 Å². The van der Waals surface area contributed by atoms with Crippen LogP contribution >= 0.6 is 0 Å². The Labute approximate surface area is 110 Å². The van der Waals surface area contributed by atoms with E-state index in [9.17, 15) is 4.79 Å². The minimum Gasteiger partial charge on any atom is -0.493 e. The third-order valence-electron chi connectivity index (χ3n) is 2.38. The van der Waals surface area contributed by atoms with Gasteiger partial charge < -0.3 is 25.2 Å². The van der Waals surface area contributed by atoms with E-state index in [0.717, 1.165) is 0 Å². The average molecular weight is 268 g/mol. The van der Waals surface area contributed by atoms with Gasteiger partial charge in [-0.25, -0.2) is 4.79 Å². The Hall–Kier alpha value is -2.44. The molecule has 0 fully saturated rings. The van der Waals surface area contributed by atoms with E-state index >= 15 is 0 Å². The van der Waals surface area contributed by atoms with Gasteiger partial charge in [-0.1, -0.05) is 5.16 Å². The Morgan fingerprint density at radius 2 is 2.05 bits per heavy atom. The van der Waals surface area contributed by atoms with E-state index in [1.54, 1.807) is 6.92 Å². The molecule has 0 heterocycles. The topological polar surface area (TPSA) is 103 Å². The largest absolute Gasteiger partial charge is 0.493 e. The summed E-state index contributed by atoms with van der Waals surface area (Å²) in [4.78, 5) is 11.9. The summed E-state index contributed by atoms with van der Waals surface area (Å²) in [6, 6.07) is 2.91. The number of amidine groups is 1. The number of methoxy groups -OCH3 is 2. The van der Waals surface area contributed by atoms with Gasteiger partial charge in [0.1, 0.15) is 5.56 Å². The highest BCUT2D eigenvalue weighted by molar-refractivity contribution is 6.02. The van der Waals surface area contributed by atoms with Crippen LogP contribution in [0.2, 0.25) is 0 Å². The second-order valence-electron chi connectivity index (χ2n) is 3.47. The molecular weight excluding hydrogens is 252 g/mol. The molecule has 0 atom stereocenters. The molecule has 0 aromatic heterocycles. The molecular formula is C12H16N2O5. The quantitative estimate of drug-likeness (QED) is 0.271. The number of nitrogens with zero attached hydrogens (tertiary/aromatic N) is 1. The number of benzene rings is 1. The lowest BCUT2D eigenvalue weighted by molar-refractivity contribution is 0.0522. The van der Waals surface area contributed by atoms with Gasteiger partial charge in [-0.3, -0.25) is 0 Å². The molecule has 7 heteroatoms. The molecule has 1 aromatic rings. The minimum absolute atomic E-state index is 0.144. The molecule has 0 aliphatic heterocycles. The van der Waals surface area contributed by atoms with Crippen molar-refractivity contribution < 1.29 is 24.2 Å². The SMILES string of the molecule is CCOC(=O)c1cc(C(N)=NO)cc(OC)c1OC. The van der Waals surface area contributed by atoms with E-state index < -0.39 is 5.97 Å². The zero-order valence-corrected chi connectivity index (χ0v) is 11.0. The van der Waals surface area contributed by atoms with Crippen molar-refractivity contribution in [2.24, 2.45) is 10.9 Å². The lowest BCUT2D eigenvalue weighted by Crippen LogP contribution is -2.16. The van der Waals surface area contributed by atoms with E-state index in [4.69, 9.17) is 25.2 Å². The molecule has 3 N–H and O–H groups in total. The van der Waals surface area contributed by atoms with Crippen LogP contribution in [0.25, 0.3) is 0 Å². The molecule has 0 aliphatic rings. The molecule has 7 nitrogen and oxygen atoms in total. The third-order valence-corrected chi connectivity index (χ3v) is 2.38. The Morgan fingerprint density at radius 1 is 1.37 bits per heavy atom. The van der Waals surface area contributed by atoms with Crippen LogP contribution in [-0.2, 0) is 4.74 Å². The number of carbonyl (C=O) groups excluding carboxylic acids is 1. The lowest BCUT2D eigenvalue weighted by Gasteiger charge is -2.13. The van der Waals surface area contributed by atoms with Crippen LogP contribution in [0.4, 0.5) is 0 Å². The van der Waals surface area contributed by atoms with E-state index in [-0.39, 0.29) is 29.5 Å². The predicted molar refractivity (Wildman–Crippen MR) is 68.0 cm³/mol. The first kappa shape index (κ1) is 14.6. The highest BCUT2D eigenvalue weighted by Crippen LogP contribution is 2.33. The van der Waals surface area contributed by atoms with Crippen LogP contribution < -0.4 is 15.2 Å². The second kappa shape index (κ2) is 6.48. The van der Waals surface area contributed by atoms with Gasteiger partial charge in [0, 0.05) is 5.56 Å². The molecule has 1 aromatic carbocycles. The molecule has 0 radical (unpaired) electrons. The van der Waals surface area contributed by atoms with E-state index in [2.05, 4.69) is 5.16 Å². The van der Waals surface area contributed by atoms with Crippen molar-refractivity contribution >= 4 is 11.8 Å². The predicted octanol–water partition coefficient (Wildman–Crippen LogP) is 0.975. The smallest absolute Gasteiger partial charge is 0.342 e. The van der Waals surface area contributed by atoms with Crippen molar-refractivity contribution in [3.63, 3.8) is 0 Å². The molecule has 0 amide bonds. The zero-order chi connectivity index (χ0) is 14.4. The van der Waals surface area contributed by atoms with Crippen LogP contribution in [0.5, 0.6) is 11.5 Å². The molecule has 0 aliphatic carbocycles. The van der Waals surface area contributed by atoms with Crippen molar-refractivity contribution in [2.75, 3.05) is 20.8 Å². The average Bonchev–Trinajstić information content (AvgIpc) is 2.44. The Balaban J connectivity index is 3.44. The summed E-state index contributed by atoms with van der Waals surface area (Å²) in [7, 11) is 2.83. The van der Waals surface area contributed by atoms with Gasteiger partial charge >= 0.3 is 5.97 Å². The Bertz CT molecular complexity index is 499. The van der Waals surface area contributed by atoms with Gasteiger partial charge in [-0.2, -0.15) is 0 Å². The molecule has 0 spiro atoms. The normalized spacial score (nSPS) is 11.0. The highest BCUT2D eigenvalue weighted by atomic mass is 16.5. The lowest BCUT2D eigenvalue weighted by atomic mass is 10.1. The summed E-state index contributed by atoms with van der Waals surface area (Å²) in [6.07, 6.45) is 0. The van der Waals surface area contributed by atoms with Crippen molar-refractivity contribution in [3.05, 3.63) is 23.3 Å². The number of ether oxygens (including phenoxy) is 3. The molecule has 1 rings (SSSR count). The van der Waals surface area contributed by atoms with E-state index in [1.165, 1.54) is 26.4 Å². The van der Waals surface area contributed by atoms with Crippen LogP contribution in [0.3, 0.4) is 0 Å². The first-order valence-corrected chi connectivity index (χ1v) is 5.50. The van der Waals surface area contributed by atoms with Crippen molar-refractivity contribution in [1.29, 1.82) is 0 Å². The molecule has 0 bridgehead atoms. The number of nitrogens with two attached hydrogens (primary N) is 1. The fourth-order valence-corrected chi connectivity index (χ4v) is 1.53. The zero-order valence-electron chi connectivity index (χ0n) is 11.0. The van der Waals surface area contributed by atoms with Gasteiger partial charge in [0.15, 0.2) is 17.3 Å². The highest BCUT2D eigenvalue weighted by Gasteiger charge is 2.20. The summed E-state index contributed by atoms with van der Waals surface area (Å²) in [5, 5.41) is 11.6. The van der Waals surface area contributed by atoms with Crippen molar-refractivity contribution in [1.82, 2.24) is 0 Å². The Morgan fingerprint density at radius 3 is 2.53 bits per heavy atom. The van der Waals surface area contributed by atoms with Gasteiger partial charge in [-0.15, -0.1) is 0 Å². The van der Waals surface area contributed by atoms with Crippen LogP contribution in [-0.4, -0.2) is 37.8 Å². The third kappa shape index (κ3) is 3.06. The first-order valence-electron chi connectivity index (χ1n) is 5.50. The molecule has 0 saturated carbocycles. The summed E-state index contributed by atoms with van der Waals surface area (Å²) >= 11 is 0. The maximum Gasteiger partial charge on any atom is 0.342 e. The number of esters is 1. The molecule has 19 heavy (non-hydrogen) atoms. The fourth-order valence-electron chi connectivity index (χ4n) is 1.53. The van der Waals surface area contributed by atoms with Crippen LogP contribution in [0.1, 0.15) is 22.8 Å². The number of carbonyl (C=O) groups is 1. The minimum atomic E-state index is -0.578. The van der Waals surface area contributed by atoms with E-state index in [1.807, 2.05) is 0 Å². The maximum atomic E-state index is 11.9. The first-order chi connectivity index (χ1) is 9.08. The Kier molecular flexibility index (Phi) is 4.99. The standard InChI is InChI=1S/C12H16N2O5/c1-4-19-12(15)8-5-7(11(13)14-16)6-9(17-2)10(8)18-3/h5-6,16H,4H2,1-3H3,(H2,13,14). The second-order valence-corrected chi connectivity index (χ2v) is 3.47. The molecule has 0 saturated heterocycles. The molecule has 0 unspecified atom stereocenters. The van der Waals surface area contributed by atoms with Gasteiger partial charge in [0.05, 0.1) is 20.8 Å².